The molecule has 0 radical (unpaired) electrons. The molecule has 3 rings (SSSR count). The van der Waals surface area contributed by atoms with Crippen molar-refractivity contribution >= 4 is 34.8 Å². The van der Waals surface area contributed by atoms with Gasteiger partial charge in [0.15, 0.2) is 0 Å². The van der Waals surface area contributed by atoms with Crippen molar-refractivity contribution in [2.75, 3.05) is 5.32 Å². The Hall–Kier alpha value is -1.59. The Morgan fingerprint density at radius 3 is 2.46 bits per heavy atom. The molecule has 1 aromatic heterocycles. The summed E-state index contributed by atoms with van der Waals surface area (Å²) in [7, 11) is 0. The fourth-order valence-electron chi connectivity index (χ4n) is 2.69. The summed E-state index contributed by atoms with van der Waals surface area (Å²) < 4.78 is 13.8. The van der Waals surface area contributed by atoms with E-state index in [-0.39, 0.29) is 11.7 Å². The molecule has 1 aliphatic carbocycles. The predicted molar refractivity (Wildman–Crippen MR) is 93.0 cm³/mol. The standard InChI is InChI=1S/C17H18Cl2FN3O/c1-10-14(21-15(24)16(3)9-17(16,18)19)11(2)23(22-10)8-12-4-6-13(20)7-5-12/h4-7H,8-9H2,1-3H3,(H,21,24)/t16-/m1/s1. The molecular weight excluding hydrogens is 352 g/mol. The van der Waals surface area contributed by atoms with Gasteiger partial charge in [-0.25, -0.2) is 4.39 Å². The Bertz CT molecular complexity index is 801. The molecule has 128 valence electrons. The lowest BCUT2D eigenvalue weighted by Gasteiger charge is -2.13. The average Bonchev–Trinajstić information content (AvgIpc) is 2.93. The number of aromatic nitrogens is 2. The van der Waals surface area contributed by atoms with E-state index >= 15 is 0 Å². The molecule has 1 saturated carbocycles. The number of carbonyl (C=O) groups excluding carboxylic acids is 1. The van der Waals surface area contributed by atoms with Crippen LogP contribution in [0.2, 0.25) is 0 Å². The highest BCUT2D eigenvalue weighted by atomic mass is 35.5. The van der Waals surface area contributed by atoms with Gasteiger partial charge >= 0.3 is 0 Å². The summed E-state index contributed by atoms with van der Waals surface area (Å²) in [5.74, 6) is -0.483. The van der Waals surface area contributed by atoms with Crippen molar-refractivity contribution in [1.82, 2.24) is 9.78 Å². The fourth-order valence-corrected chi connectivity index (χ4v) is 3.40. The molecule has 1 aromatic carbocycles. The molecule has 0 aliphatic heterocycles. The number of carbonyl (C=O) groups is 1. The number of halogens is 3. The number of hydrogen-bond acceptors (Lipinski definition) is 2. The van der Waals surface area contributed by atoms with Crippen molar-refractivity contribution in [2.45, 2.75) is 38.1 Å². The molecule has 2 aromatic rings. The molecule has 1 amide bonds. The highest BCUT2D eigenvalue weighted by molar-refractivity contribution is 6.53. The topological polar surface area (TPSA) is 46.9 Å². The van der Waals surface area contributed by atoms with E-state index in [1.54, 1.807) is 23.7 Å². The molecule has 0 spiro atoms. The van der Waals surface area contributed by atoms with E-state index in [1.807, 2.05) is 13.8 Å². The van der Waals surface area contributed by atoms with Crippen LogP contribution in [0.15, 0.2) is 24.3 Å². The number of nitrogens with zero attached hydrogens (tertiary/aromatic N) is 2. The smallest absolute Gasteiger partial charge is 0.233 e. The molecule has 1 heterocycles. The number of nitrogens with one attached hydrogen (secondary N) is 1. The number of amides is 1. The second kappa shape index (κ2) is 5.74. The summed E-state index contributed by atoms with van der Waals surface area (Å²) in [6, 6.07) is 6.26. The van der Waals surface area contributed by atoms with Gasteiger partial charge in [0, 0.05) is 0 Å². The Morgan fingerprint density at radius 2 is 1.92 bits per heavy atom. The predicted octanol–water partition coefficient (Wildman–Crippen LogP) is 4.21. The van der Waals surface area contributed by atoms with Crippen LogP contribution in [0.4, 0.5) is 10.1 Å². The Kier molecular flexibility index (Phi) is 4.12. The second-order valence-corrected chi connectivity index (χ2v) is 7.98. The first-order valence-electron chi connectivity index (χ1n) is 7.62. The first-order chi connectivity index (χ1) is 11.1. The summed E-state index contributed by atoms with van der Waals surface area (Å²) in [4.78, 5) is 12.5. The summed E-state index contributed by atoms with van der Waals surface area (Å²) in [5.41, 5.74) is 2.34. The zero-order valence-corrected chi connectivity index (χ0v) is 15.2. The van der Waals surface area contributed by atoms with Crippen LogP contribution < -0.4 is 5.32 Å². The lowest BCUT2D eigenvalue weighted by atomic mass is 10.1. The van der Waals surface area contributed by atoms with Gasteiger partial charge in [0.25, 0.3) is 0 Å². The van der Waals surface area contributed by atoms with Gasteiger partial charge in [0.05, 0.1) is 29.0 Å². The van der Waals surface area contributed by atoms with Gasteiger partial charge in [-0.2, -0.15) is 5.10 Å². The van der Waals surface area contributed by atoms with Crippen LogP contribution in [0.3, 0.4) is 0 Å². The van der Waals surface area contributed by atoms with Crippen molar-refractivity contribution < 1.29 is 9.18 Å². The van der Waals surface area contributed by atoms with E-state index in [9.17, 15) is 9.18 Å². The normalized spacial score (nSPS) is 21.6. The lowest BCUT2D eigenvalue weighted by Crippen LogP contribution is -2.26. The fraction of sp³-hybridized carbons (Fsp3) is 0.412. The number of alkyl halides is 2. The van der Waals surface area contributed by atoms with E-state index in [1.165, 1.54) is 12.1 Å². The third kappa shape index (κ3) is 2.91. The highest BCUT2D eigenvalue weighted by Crippen LogP contribution is 2.64. The zero-order chi connectivity index (χ0) is 17.7. The molecule has 1 atom stereocenters. The summed E-state index contributed by atoms with van der Waals surface area (Å²) in [6.07, 6.45) is 0.427. The summed E-state index contributed by atoms with van der Waals surface area (Å²) in [6.45, 7) is 5.95. The number of rotatable bonds is 4. The molecule has 0 unspecified atom stereocenters. The van der Waals surface area contributed by atoms with Crippen LogP contribution >= 0.6 is 23.2 Å². The summed E-state index contributed by atoms with van der Waals surface area (Å²) >= 11 is 12.1. The van der Waals surface area contributed by atoms with Crippen LogP contribution in [0.5, 0.6) is 0 Å². The molecule has 24 heavy (non-hydrogen) atoms. The van der Waals surface area contributed by atoms with Gasteiger partial charge < -0.3 is 5.32 Å². The second-order valence-electron chi connectivity index (χ2n) is 6.50. The Balaban J connectivity index is 1.79. The van der Waals surface area contributed by atoms with Crippen LogP contribution in [-0.4, -0.2) is 20.0 Å². The SMILES string of the molecule is Cc1nn(Cc2ccc(F)cc2)c(C)c1NC(=O)[C@@]1(C)CC1(Cl)Cl. The number of anilines is 1. The van der Waals surface area contributed by atoms with Crippen molar-refractivity contribution in [3.63, 3.8) is 0 Å². The molecule has 1 aliphatic rings. The quantitative estimate of drug-likeness (QED) is 0.820. The van der Waals surface area contributed by atoms with E-state index in [0.29, 0.717) is 24.3 Å². The Labute approximate surface area is 149 Å². The van der Waals surface area contributed by atoms with Crippen molar-refractivity contribution in [3.8, 4) is 0 Å². The zero-order valence-electron chi connectivity index (χ0n) is 13.7. The monoisotopic (exact) mass is 369 g/mol. The Morgan fingerprint density at radius 1 is 1.33 bits per heavy atom. The van der Waals surface area contributed by atoms with Crippen molar-refractivity contribution in [1.29, 1.82) is 0 Å². The molecule has 0 saturated heterocycles. The highest BCUT2D eigenvalue weighted by Gasteiger charge is 2.68. The minimum atomic E-state index is -1.01. The maximum atomic E-state index is 13.0. The van der Waals surface area contributed by atoms with Crippen LogP contribution in [0.25, 0.3) is 0 Å². The molecular formula is C17H18Cl2FN3O. The largest absolute Gasteiger partial charge is 0.322 e. The first kappa shape index (κ1) is 17.2. The third-order valence-corrected chi connectivity index (χ3v) is 5.73. The van der Waals surface area contributed by atoms with Gasteiger partial charge in [0.1, 0.15) is 10.2 Å². The number of aryl methyl sites for hydroxylation is 1. The molecule has 0 bridgehead atoms. The van der Waals surface area contributed by atoms with Crippen molar-refractivity contribution in [3.05, 3.63) is 47.0 Å². The van der Waals surface area contributed by atoms with E-state index < -0.39 is 9.75 Å². The molecule has 7 heteroatoms. The van der Waals surface area contributed by atoms with Crippen LogP contribution in [0.1, 0.15) is 30.3 Å². The van der Waals surface area contributed by atoms with E-state index in [0.717, 1.165) is 11.3 Å². The molecule has 1 fully saturated rings. The van der Waals surface area contributed by atoms with Gasteiger partial charge in [-0.15, -0.1) is 23.2 Å². The van der Waals surface area contributed by atoms with Gasteiger partial charge in [0.2, 0.25) is 5.91 Å². The maximum absolute atomic E-state index is 13.0. The van der Waals surface area contributed by atoms with Gasteiger partial charge in [-0.05, 0) is 44.9 Å². The lowest BCUT2D eigenvalue weighted by molar-refractivity contribution is -0.120. The molecule has 4 nitrogen and oxygen atoms in total. The first-order valence-corrected chi connectivity index (χ1v) is 8.37. The minimum Gasteiger partial charge on any atom is -0.322 e. The number of benzene rings is 1. The van der Waals surface area contributed by atoms with Gasteiger partial charge in [-0.1, -0.05) is 12.1 Å². The molecule has 1 N–H and O–H groups in total. The average molecular weight is 370 g/mol. The van der Waals surface area contributed by atoms with Gasteiger partial charge in [-0.3, -0.25) is 9.48 Å². The van der Waals surface area contributed by atoms with Crippen LogP contribution in [-0.2, 0) is 11.3 Å². The maximum Gasteiger partial charge on any atom is 0.233 e. The minimum absolute atomic E-state index is 0.208. The van der Waals surface area contributed by atoms with Crippen molar-refractivity contribution in [2.24, 2.45) is 5.41 Å². The van der Waals surface area contributed by atoms with E-state index in [4.69, 9.17) is 23.2 Å². The summed E-state index contributed by atoms with van der Waals surface area (Å²) in [5, 5.41) is 7.36. The number of hydrogen-bond donors (Lipinski definition) is 1. The van der Waals surface area contributed by atoms with Crippen LogP contribution in [0, 0.1) is 25.1 Å². The third-order valence-electron chi connectivity index (χ3n) is 4.62. The van der Waals surface area contributed by atoms with E-state index in [2.05, 4.69) is 10.4 Å².